The van der Waals surface area contributed by atoms with Crippen LogP contribution in [0.1, 0.15) is 26.2 Å². The molecule has 0 radical (unpaired) electrons. The van der Waals surface area contributed by atoms with Crippen LogP contribution >= 0.6 is 0 Å². The minimum absolute atomic E-state index is 0.00750. The standard InChI is InChI=1S/C21H35N7O6/c1-16-18(26-12-8-24(9-13-26)5-2-4-17(29)30)33-21(32)28(16)7-3-6-25-10-14-27(15-11-25)19-22-20(31)34-23-19/h16,18H,2-15H2,1H3,(H,29,30)(H,22,23,31). The predicted octanol–water partition coefficient (Wildman–Crippen LogP) is -0.476. The van der Waals surface area contributed by atoms with E-state index in [1.807, 2.05) is 16.7 Å². The highest BCUT2D eigenvalue weighted by molar-refractivity contribution is 5.70. The predicted molar refractivity (Wildman–Crippen MR) is 122 cm³/mol. The highest BCUT2D eigenvalue weighted by Gasteiger charge is 2.42. The van der Waals surface area contributed by atoms with Crippen LogP contribution in [0.3, 0.4) is 0 Å². The van der Waals surface area contributed by atoms with Gasteiger partial charge < -0.3 is 24.5 Å². The molecule has 0 aromatic carbocycles. The zero-order chi connectivity index (χ0) is 24.1. The van der Waals surface area contributed by atoms with E-state index in [1.54, 1.807) is 0 Å². The highest BCUT2D eigenvalue weighted by atomic mass is 16.6. The topological polar surface area (TPSA) is 139 Å². The summed E-state index contributed by atoms with van der Waals surface area (Å²) < 4.78 is 10.3. The molecule has 190 valence electrons. The van der Waals surface area contributed by atoms with Crippen molar-refractivity contribution in [2.45, 2.75) is 38.5 Å². The third-order valence-corrected chi connectivity index (χ3v) is 6.97. The highest BCUT2D eigenvalue weighted by Crippen LogP contribution is 2.24. The maximum absolute atomic E-state index is 12.5. The summed E-state index contributed by atoms with van der Waals surface area (Å²) in [5, 5.41) is 12.5. The number of aromatic nitrogens is 2. The molecule has 0 bridgehead atoms. The van der Waals surface area contributed by atoms with Crippen molar-refractivity contribution >= 4 is 18.0 Å². The van der Waals surface area contributed by atoms with Gasteiger partial charge in [0, 0.05) is 65.3 Å². The largest absolute Gasteiger partial charge is 0.481 e. The molecule has 1 aromatic heterocycles. The van der Waals surface area contributed by atoms with Crippen LogP contribution in [0.4, 0.5) is 10.7 Å². The number of carboxylic acids is 1. The van der Waals surface area contributed by atoms with Crippen LogP contribution in [0.15, 0.2) is 9.32 Å². The number of nitrogens with zero attached hydrogens (tertiary/aromatic N) is 6. The quantitative estimate of drug-likeness (QED) is 0.448. The number of H-pyrrole nitrogens is 1. The Balaban J connectivity index is 1.15. The number of hydrogen-bond donors (Lipinski definition) is 2. The molecule has 3 aliphatic heterocycles. The molecule has 2 atom stereocenters. The first kappa shape index (κ1) is 24.5. The first-order valence-electron chi connectivity index (χ1n) is 12.1. The van der Waals surface area contributed by atoms with E-state index >= 15 is 0 Å². The van der Waals surface area contributed by atoms with E-state index in [-0.39, 0.29) is 24.8 Å². The van der Waals surface area contributed by atoms with Gasteiger partial charge in [-0.1, -0.05) is 0 Å². The van der Waals surface area contributed by atoms with Crippen molar-refractivity contribution in [1.29, 1.82) is 0 Å². The van der Waals surface area contributed by atoms with Gasteiger partial charge in [-0.15, -0.1) is 0 Å². The second kappa shape index (κ2) is 11.2. The van der Waals surface area contributed by atoms with E-state index in [9.17, 15) is 14.4 Å². The lowest BCUT2D eigenvalue weighted by Gasteiger charge is -2.38. The first-order chi connectivity index (χ1) is 16.4. The van der Waals surface area contributed by atoms with Crippen molar-refractivity contribution in [3.05, 3.63) is 10.6 Å². The van der Waals surface area contributed by atoms with Crippen molar-refractivity contribution < 1.29 is 24.0 Å². The number of nitrogens with one attached hydrogen (secondary N) is 1. The summed E-state index contributed by atoms with van der Waals surface area (Å²) in [6.07, 6.45) is 1.24. The fraction of sp³-hybridized carbons (Fsp3) is 0.810. The SMILES string of the molecule is CC1C(N2CCN(CCCC(=O)O)CC2)OC(=O)N1CCCN1CCN(c2noc(=O)[nH]2)CC1. The minimum atomic E-state index is -0.753. The maximum Gasteiger partial charge on any atom is 0.440 e. The Hall–Kier alpha value is -2.64. The van der Waals surface area contributed by atoms with Gasteiger partial charge in [0.15, 0.2) is 6.23 Å². The number of carboxylic acid groups (broad SMARTS) is 1. The molecule has 3 saturated heterocycles. The van der Waals surface area contributed by atoms with Gasteiger partial charge in [-0.2, -0.15) is 0 Å². The molecule has 3 aliphatic rings. The van der Waals surface area contributed by atoms with Gasteiger partial charge in [0.1, 0.15) is 0 Å². The number of rotatable bonds is 10. The lowest BCUT2D eigenvalue weighted by atomic mass is 10.2. The molecule has 0 saturated carbocycles. The molecule has 0 spiro atoms. The lowest BCUT2D eigenvalue weighted by Crippen LogP contribution is -2.53. The number of ether oxygens (including phenoxy) is 1. The second-order valence-electron chi connectivity index (χ2n) is 9.18. The summed E-state index contributed by atoms with van der Waals surface area (Å²) in [6.45, 7) is 10.9. The van der Waals surface area contributed by atoms with Crippen LogP contribution in [0, 0.1) is 0 Å². The second-order valence-corrected chi connectivity index (χ2v) is 9.18. The molecule has 0 aliphatic carbocycles. The number of aromatic amines is 1. The Labute approximate surface area is 198 Å². The number of carbonyl (C=O) groups is 2. The number of piperazine rings is 2. The fourth-order valence-corrected chi connectivity index (χ4v) is 4.97. The van der Waals surface area contributed by atoms with Gasteiger partial charge in [0.2, 0.25) is 5.95 Å². The van der Waals surface area contributed by atoms with Crippen LogP contribution in [0.25, 0.3) is 0 Å². The summed E-state index contributed by atoms with van der Waals surface area (Å²) in [7, 11) is 0. The third kappa shape index (κ3) is 6.07. The Bertz CT molecular complexity index is 875. The molecular weight excluding hydrogens is 446 g/mol. The Morgan fingerprint density at radius 1 is 1.00 bits per heavy atom. The summed E-state index contributed by atoms with van der Waals surface area (Å²) in [4.78, 5) is 47.6. The number of amides is 1. The van der Waals surface area contributed by atoms with Crippen LogP contribution < -0.4 is 10.7 Å². The summed E-state index contributed by atoms with van der Waals surface area (Å²) in [5.41, 5.74) is 0. The van der Waals surface area contributed by atoms with E-state index < -0.39 is 11.7 Å². The minimum Gasteiger partial charge on any atom is -0.481 e. The average molecular weight is 482 g/mol. The number of cyclic esters (lactones) is 1. The lowest BCUT2D eigenvalue weighted by molar-refractivity contribution is -0.137. The van der Waals surface area contributed by atoms with Gasteiger partial charge in [0.25, 0.3) is 0 Å². The Morgan fingerprint density at radius 2 is 1.65 bits per heavy atom. The van der Waals surface area contributed by atoms with Crippen molar-refractivity contribution in [3.8, 4) is 0 Å². The monoisotopic (exact) mass is 481 g/mol. The normalized spacial score (nSPS) is 25.1. The molecule has 34 heavy (non-hydrogen) atoms. The summed E-state index contributed by atoms with van der Waals surface area (Å²) in [6, 6.07) is -0.00750. The van der Waals surface area contributed by atoms with Gasteiger partial charge >= 0.3 is 17.8 Å². The van der Waals surface area contributed by atoms with E-state index in [4.69, 9.17) is 9.84 Å². The molecule has 13 heteroatoms. The first-order valence-corrected chi connectivity index (χ1v) is 12.1. The molecule has 3 fully saturated rings. The van der Waals surface area contributed by atoms with Crippen molar-refractivity contribution in [3.63, 3.8) is 0 Å². The van der Waals surface area contributed by atoms with Crippen molar-refractivity contribution in [2.24, 2.45) is 0 Å². The maximum atomic E-state index is 12.5. The molecule has 4 rings (SSSR count). The zero-order valence-corrected chi connectivity index (χ0v) is 19.7. The summed E-state index contributed by atoms with van der Waals surface area (Å²) in [5.74, 6) is -0.817. The van der Waals surface area contributed by atoms with Gasteiger partial charge in [0.05, 0.1) is 6.04 Å². The molecular formula is C21H35N7O6. The Kier molecular flexibility index (Phi) is 8.06. The van der Waals surface area contributed by atoms with Crippen LogP contribution in [0.2, 0.25) is 0 Å². The molecule has 13 nitrogen and oxygen atoms in total. The zero-order valence-electron chi connectivity index (χ0n) is 19.7. The number of aliphatic carboxylic acids is 1. The van der Waals surface area contributed by atoms with Crippen LogP contribution in [-0.4, -0.2) is 131 Å². The molecule has 2 N–H and O–H groups in total. The van der Waals surface area contributed by atoms with Gasteiger partial charge in [-0.05, 0) is 38.0 Å². The molecule has 4 heterocycles. The molecule has 1 aromatic rings. The molecule has 2 unspecified atom stereocenters. The van der Waals surface area contributed by atoms with E-state index in [0.29, 0.717) is 18.9 Å². The van der Waals surface area contributed by atoms with E-state index in [0.717, 1.165) is 71.9 Å². The smallest absolute Gasteiger partial charge is 0.440 e. The average Bonchev–Trinajstić information content (AvgIpc) is 3.38. The molecule has 1 amide bonds. The van der Waals surface area contributed by atoms with E-state index in [2.05, 4.69) is 29.4 Å². The van der Waals surface area contributed by atoms with Crippen molar-refractivity contribution in [1.82, 2.24) is 29.7 Å². The van der Waals surface area contributed by atoms with Crippen LogP contribution in [0.5, 0.6) is 0 Å². The number of hydrogen-bond acceptors (Lipinski definition) is 10. The van der Waals surface area contributed by atoms with Crippen molar-refractivity contribution in [2.75, 3.05) is 76.9 Å². The van der Waals surface area contributed by atoms with E-state index in [1.165, 1.54) is 0 Å². The number of carbonyl (C=O) groups excluding carboxylic acids is 1. The summed E-state index contributed by atoms with van der Waals surface area (Å²) >= 11 is 0. The van der Waals surface area contributed by atoms with Crippen LogP contribution in [-0.2, 0) is 9.53 Å². The fourth-order valence-electron chi connectivity index (χ4n) is 4.97. The Morgan fingerprint density at radius 3 is 2.26 bits per heavy atom. The number of anilines is 1. The van der Waals surface area contributed by atoms with Gasteiger partial charge in [-0.3, -0.25) is 24.1 Å². The van der Waals surface area contributed by atoms with Gasteiger partial charge in [-0.25, -0.2) is 9.59 Å². The third-order valence-electron chi connectivity index (χ3n) is 6.97.